The first kappa shape index (κ1) is 50.5. The Balaban J connectivity index is 3.04. The summed E-state index contributed by atoms with van der Waals surface area (Å²) < 4.78 is 71.7. The normalized spacial score (nSPS) is 11.6. The van der Waals surface area contributed by atoms with E-state index in [9.17, 15) is 0 Å². The van der Waals surface area contributed by atoms with E-state index in [0.717, 1.165) is 170 Å². The largest absolute Gasteiger partial charge is 0.385 e. The van der Waals surface area contributed by atoms with E-state index in [0.29, 0.717) is 66.1 Å². The average Bonchev–Trinajstić information content (AvgIpc) is 3.14. The summed E-state index contributed by atoms with van der Waals surface area (Å²) in [4.78, 5) is 0. The Hall–Kier alpha value is -0.520. The van der Waals surface area contributed by atoms with Crippen LogP contribution in [0, 0.1) is 0 Å². The summed E-state index contributed by atoms with van der Waals surface area (Å²) in [5.74, 6) is 0. The second kappa shape index (κ2) is 49.5. The van der Waals surface area contributed by atoms with Crippen LogP contribution in [0.1, 0.15) is 77.0 Å². The van der Waals surface area contributed by atoms with Crippen molar-refractivity contribution in [2.24, 2.45) is 0 Å². The van der Waals surface area contributed by atoms with Crippen molar-refractivity contribution < 1.29 is 61.6 Å². The van der Waals surface area contributed by atoms with E-state index < -0.39 is 0 Å². The molecule has 0 aliphatic heterocycles. The molecule has 0 aromatic heterocycles. The molecule has 0 N–H and O–H groups in total. The van der Waals surface area contributed by atoms with Crippen LogP contribution in [0.2, 0.25) is 0 Å². The molecule has 0 rings (SSSR count). The molecule has 0 aliphatic rings. The van der Waals surface area contributed by atoms with Crippen molar-refractivity contribution in [3.8, 4) is 0 Å². The summed E-state index contributed by atoms with van der Waals surface area (Å²) in [7, 11) is 3.41. The Morgan fingerprint density at radius 1 is 0.157 bits per heavy atom. The van der Waals surface area contributed by atoms with Crippen molar-refractivity contribution in [2.45, 2.75) is 77.0 Å². The molecule has 0 radical (unpaired) electrons. The maximum absolute atomic E-state index is 5.66. The summed E-state index contributed by atoms with van der Waals surface area (Å²) >= 11 is 0. The molecule has 0 spiro atoms. The van der Waals surface area contributed by atoms with Gasteiger partial charge in [-0.25, -0.2) is 0 Å². The van der Waals surface area contributed by atoms with Crippen molar-refractivity contribution in [3.63, 3.8) is 0 Å². The predicted molar refractivity (Wildman–Crippen MR) is 198 cm³/mol. The van der Waals surface area contributed by atoms with Gasteiger partial charge in [-0.15, -0.1) is 0 Å². The molecule has 0 aromatic carbocycles. The second-order valence-corrected chi connectivity index (χ2v) is 12.0. The maximum atomic E-state index is 5.66. The van der Waals surface area contributed by atoms with E-state index in [1.54, 1.807) is 14.2 Å². The van der Waals surface area contributed by atoms with Crippen LogP contribution in [0.4, 0.5) is 0 Å². The molecule has 0 saturated heterocycles. The zero-order valence-electron chi connectivity index (χ0n) is 32.8. The van der Waals surface area contributed by atoms with Crippen molar-refractivity contribution in [2.75, 3.05) is 173 Å². The van der Waals surface area contributed by atoms with Crippen LogP contribution in [0.5, 0.6) is 0 Å². The molecular weight excluding hydrogens is 664 g/mol. The van der Waals surface area contributed by atoms with Gasteiger partial charge in [0.25, 0.3) is 0 Å². The minimum atomic E-state index is 0.713. The van der Waals surface area contributed by atoms with E-state index in [2.05, 4.69) is 0 Å². The lowest BCUT2D eigenvalue weighted by Crippen LogP contribution is -2.08. The number of methoxy groups -OCH3 is 2. The van der Waals surface area contributed by atoms with Gasteiger partial charge >= 0.3 is 0 Å². The molecule has 308 valence electrons. The highest BCUT2D eigenvalue weighted by Crippen LogP contribution is 1.96. The van der Waals surface area contributed by atoms with Crippen LogP contribution in [0.3, 0.4) is 0 Å². The fourth-order valence-corrected chi connectivity index (χ4v) is 4.36. The third-order valence-electron chi connectivity index (χ3n) is 7.05. The minimum absolute atomic E-state index is 0.713. The fourth-order valence-electron chi connectivity index (χ4n) is 4.36. The monoisotopic (exact) mass is 743 g/mol. The lowest BCUT2D eigenvalue weighted by molar-refractivity contribution is 0.0401. The second-order valence-electron chi connectivity index (χ2n) is 12.0. The van der Waals surface area contributed by atoms with E-state index in [4.69, 9.17) is 61.6 Å². The molecule has 0 bridgehead atoms. The summed E-state index contributed by atoms with van der Waals surface area (Å²) in [6, 6.07) is 0. The molecule has 13 nitrogen and oxygen atoms in total. The standard InChI is InChI=1S/C38H78O13/c1-39-15-3-17-41-19-5-21-43-23-7-25-45-27-9-29-47-31-11-33-49-35-13-37-51-38-14-36-50-34-12-32-48-30-10-28-46-26-8-24-44-22-6-20-42-18-4-16-40-2/h3-38H2,1-2H3. The van der Waals surface area contributed by atoms with Crippen molar-refractivity contribution in [3.05, 3.63) is 0 Å². The third kappa shape index (κ3) is 49.5. The van der Waals surface area contributed by atoms with E-state index in [1.807, 2.05) is 0 Å². The maximum Gasteiger partial charge on any atom is 0.0488 e. The lowest BCUT2D eigenvalue weighted by atomic mass is 10.4. The first-order valence-corrected chi connectivity index (χ1v) is 19.7. The molecular formula is C38H78O13. The molecule has 0 fully saturated rings. The van der Waals surface area contributed by atoms with Crippen LogP contribution in [0.15, 0.2) is 0 Å². The quantitative estimate of drug-likeness (QED) is 0.0766. The van der Waals surface area contributed by atoms with Crippen LogP contribution in [0.25, 0.3) is 0 Å². The molecule has 13 heteroatoms. The number of hydrogen-bond acceptors (Lipinski definition) is 13. The third-order valence-corrected chi connectivity index (χ3v) is 7.05. The number of ether oxygens (including phenoxy) is 13. The molecule has 0 unspecified atom stereocenters. The number of rotatable bonds is 48. The van der Waals surface area contributed by atoms with Gasteiger partial charge in [0.1, 0.15) is 0 Å². The highest BCUT2D eigenvalue weighted by Gasteiger charge is 1.98. The minimum Gasteiger partial charge on any atom is -0.385 e. The van der Waals surface area contributed by atoms with Crippen molar-refractivity contribution in [1.29, 1.82) is 0 Å². The Morgan fingerprint density at radius 3 is 0.353 bits per heavy atom. The van der Waals surface area contributed by atoms with Crippen molar-refractivity contribution >= 4 is 0 Å². The Labute approximate surface area is 311 Å². The number of hydrogen-bond donors (Lipinski definition) is 0. The zero-order valence-corrected chi connectivity index (χ0v) is 32.8. The van der Waals surface area contributed by atoms with E-state index in [-0.39, 0.29) is 0 Å². The Bertz CT molecular complexity index is 544. The first-order chi connectivity index (χ1) is 25.4. The van der Waals surface area contributed by atoms with Gasteiger partial charge in [-0.1, -0.05) is 0 Å². The Kier molecular flexibility index (Phi) is 49.0. The molecule has 0 aliphatic carbocycles. The van der Waals surface area contributed by atoms with E-state index in [1.165, 1.54) is 0 Å². The van der Waals surface area contributed by atoms with Crippen LogP contribution >= 0.6 is 0 Å². The summed E-state index contributed by atoms with van der Waals surface area (Å²) in [6.07, 6.45) is 11.0. The van der Waals surface area contributed by atoms with Crippen LogP contribution < -0.4 is 0 Å². The van der Waals surface area contributed by atoms with Gasteiger partial charge in [0.15, 0.2) is 0 Å². The molecule has 51 heavy (non-hydrogen) atoms. The van der Waals surface area contributed by atoms with Crippen LogP contribution in [-0.2, 0) is 61.6 Å². The van der Waals surface area contributed by atoms with Gasteiger partial charge in [0, 0.05) is 173 Å². The Morgan fingerprint density at radius 2 is 0.255 bits per heavy atom. The zero-order chi connectivity index (χ0) is 36.6. The SMILES string of the molecule is COCCCOCCCOCCCOCCCOCCCOCCCOCCCOCCCOCCCOCCCOCCCOCCCOC. The highest BCUT2D eigenvalue weighted by molar-refractivity contribution is 4.44. The lowest BCUT2D eigenvalue weighted by Gasteiger charge is -2.08. The fraction of sp³-hybridized carbons (Fsp3) is 1.00. The van der Waals surface area contributed by atoms with Crippen LogP contribution in [-0.4, -0.2) is 173 Å². The molecule has 0 aromatic rings. The molecule has 0 saturated carbocycles. The van der Waals surface area contributed by atoms with Crippen molar-refractivity contribution in [1.82, 2.24) is 0 Å². The molecule has 0 amide bonds. The van der Waals surface area contributed by atoms with E-state index >= 15 is 0 Å². The average molecular weight is 743 g/mol. The van der Waals surface area contributed by atoms with Gasteiger partial charge in [-0.3, -0.25) is 0 Å². The molecule has 0 atom stereocenters. The first-order valence-electron chi connectivity index (χ1n) is 19.7. The summed E-state index contributed by atoms with van der Waals surface area (Å²) in [5, 5.41) is 0. The topological polar surface area (TPSA) is 120 Å². The smallest absolute Gasteiger partial charge is 0.0488 e. The molecule has 0 heterocycles. The van der Waals surface area contributed by atoms with Gasteiger partial charge in [0.2, 0.25) is 0 Å². The summed E-state index contributed by atoms with van der Waals surface area (Å²) in [5.41, 5.74) is 0. The predicted octanol–water partition coefficient (Wildman–Crippen LogP) is 5.14. The summed E-state index contributed by atoms with van der Waals surface area (Å²) in [6.45, 7) is 17.4. The van der Waals surface area contributed by atoms with Gasteiger partial charge < -0.3 is 61.6 Å². The van der Waals surface area contributed by atoms with Gasteiger partial charge in [-0.05, 0) is 77.0 Å². The highest BCUT2D eigenvalue weighted by atomic mass is 16.5. The van der Waals surface area contributed by atoms with Gasteiger partial charge in [0.05, 0.1) is 0 Å². The van der Waals surface area contributed by atoms with Gasteiger partial charge in [-0.2, -0.15) is 0 Å².